The number of nitrogens with one attached hydrogen (secondary N) is 2. The minimum absolute atomic E-state index is 0.0528. The number of carbonyl (C=O) groups is 3. The predicted octanol–water partition coefficient (Wildman–Crippen LogP) is 1.02. The van der Waals surface area contributed by atoms with E-state index in [1.165, 1.54) is 0 Å². The van der Waals surface area contributed by atoms with Crippen molar-refractivity contribution in [2.75, 3.05) is 19.6 Å². The Labute approximate surface area is 165 Å². The van der Waals surface area contributed by atoms with Gasteiger partial charge in [0.1, 0.15) is 6.04 Å². The van der Waals surface area contributed by atoms with Crippen molar-refractivity contribution in [2.24, 2.45) is 0 Å². The normalized spacial score (nSPS) is 25.4. The van der Waals surface area contributed by atoms with Gasteiger partial charge in [-0.3, -0.25) is 24.6 Å². The molecule has 0 saturated carbocycles. The lowest BCUT2D eigenvalue weighted by Crippen LogP contribution is -2.52. The number of nitrogens with zero attached hydrogens (tertiary/aromatic N) is 2. The van der Waals surface area contributed by atoms with E-state index in [1.54, 1.807) is 4.90 Å². The van der Waals surface area contributed by atoms with Gasteiger partial charge in [0, 0.05) is 43.7 Å². The third-order valence-electron chi connectivity index (χ3n) is 6.33. The third kappa shape index (κ3) is 3.44. The molecule has 0 radical (unpaired) electrons. The predicted molar refractivity (Wildman–Crippen MR) is 104 cm³/mol. The average Bonchev–Trinajstić information content (AvgIpc) is 2.88. The van der Waals surface area contributed by atoms with Crippen LogP contribution in [-0.4, -0.2) is 58.7 Å². The van der Waals surface area contributed by atoms with Crippen molar-refractivity contribution in [3.05, 3.63) is 34.9 Å². The molecule has 0 bridgehead atoms. The van der Waals surface area contributed by atoms with Crippen LogP contribution in [0, 0.1) is 0 Å². The fourth-order valence-corrected chi connectivity index (χ4v) is 4.51. The van der Waals surface area contributed by atoms with Gasteiger partial charge in [0.2, 0.25) is 11.8 Å². The van der Waals surface area contributed by atoms with Gasteiger partial charge in [0.25, 0.3) is 5.91 Å². The summed E-state index contributed by atoms with van der Waals surface area (Å²) >= 11 is 0. The van der Waals surface area contributed by atoms with E-state index in [2.05, 4.69) is 29.4 Å². The molecular formula is C21H28N4O3. The van der Waals surface area contributed by atoms with Gasteiger partial charge in [-0.05, 0) is 44.4 Å². The number of rotatable bonds is 3. The molecule has 2 fully saturated rings. The lowest BCUT2D eigenvalue weighted by molar-refractivity contribution is -0.136. The van der Waals surface area contributed by atoms with E-state index in [-0.39, 0.29) is 29.7 Å². The summed E-state index contributed by atoms with van der Waals surface area (Å²) in [5, 5.41) is 5.81. The Morgan fingerprint density at radius 2 is 2.00 bits per heavy atom. The zero-order valence-electron chi connectivity index (χ0n) is 16.6. The molecule has 150 valence electrons. The molecule has 3 heterocycles. The van der Waals surface area contributed by atoms with Gasteiger partial charge in [0.15, 0.2) is 0 Å². The summed E-state index contributed by atoms with van der Waals surface area (Å²) in [6, 6.07) is 5.43. The van der Waals surface area contributed by atoms with Crippen LogP contribution in [-0.2, 0) is 22.7 Å². The number of carbonyl (C=O) groups excluding carboxylic acids is 3. The van der Waals surface area contributed by atoms with E-state index in [4.69, 9.17) is 0 Å². The summed E-state index contributed by atoms with van der Waals surface area (Å²) in [5.74, 6) is -0.715. The molecule has 3 aliphatic rings. The number of imide groups is 1. The molecule has 1 aromatic rings. The van der Waals surface area contributed by atoms with Crippen LogP contribution in [0.25, 0.3) is 0 Å². The highest BCUT2D eigenvalue weighted by Crippen LogP contribution is 2.32. The Hall–Kier alpha value is -2.25. The third-order valence-corrected chi connectivity index (χ3v) is 6.33. The zero-order chi connectivity index (χ0) is 19.9. The van der Waals surface area contributed by atoms with Crippen molar-refractivity contribution in [2.45, 2.75) is 57.8 Å². The second-order valence-electron chi connectivity index (χ2n) is 8.59. The van der Waals surface area contributed by atoms with Gasteiger partial charge in [-0.2, -0.15) is 0 Å². The van der Waals surface area contributed by atoms with Gasteiger partial charge < -0.3 is 10.2 Å². The molecule has 7 heteroatoms. The molecule has 0 spiro atoms. The lowest BCUT2D eigenvalue weighted by atomic mass is 9.96. The summed E-state index contributed by atoms with van der Waals surface area (Å²) < 4.78 is 0. The van der Waals surface area contributed by atoms with Crippen LogP contribution < -0.4 is 10.6 Å². The first kappa shape index (κ1) is 19.1. The molecule has 2 N–H and O–H groups in total. The molecule has 1 aromatic carbocycles. The van der Waals surface area contributed by atoms with Crippen molar-refractivity contribution in [1.82, 2.24) is 20.4 Å². The minimum Gasteiger partial charge on any atom is -0.322 e. The summed E-state index contributed by atoms with van der Waals surface area (Å²) in [7, 11) is 0. The molecular weight excluding hydrogens is 356 g/mol. The van der Waals surface area contributed by atoms with Crippen molar-refractivity contribution >= 4 is 17.7 Å². The SMILES string of the molecule is CC1(C)CCNCCN1Cc1cccc2c1C(=O)N(C1CCC(=O)NC1=O)C2. The number of hydrogen-bond acceptors (Lipinski definition) is 5. The van der Waals surface area contributed by atoms with Crippen LogP contribution >= 0.6 is 0 Å². The largest absolute Gasteiger partial charge is 0.322 e. The van der Waals surface area contributed by atoms with Crippen molar-refractivity contribution in [3.63, 3.8) is 0 Å². The van der Waals surface area contributed by atoms with Gasteiger partial charge >= 0.3 is 0 Å². The summed E-state index contributed by atoms with van der Waals surface area (Å²) in [5.41, 5.74) is 2.78. The molecule has 0 aromatic heterocycles. The maximum Gasteiger partial charge on any atom is 0.255 e. The quantitative estimate of drug-likeness (QED) is 0.761. The fraction of sp³-hybridized carbons (Fsp3) is 0.571. The first-order valence-electron chi connectivity index (χ1n) is 10.1. The van der Waals surface area contributed by atoms with Crippen LogP contribution in [0.4, 0.5) is 0 Å². The smallest absolute Gasteiger partial charge is 0.255 e. The summed E-state index contributed by atoms with van der Waals surface area (Å²) in [6.07, 6.45) is 1.72. The Kier molecular flexibility index (Phi) is 4.97. The molecule has 3 aliphatic heterocycles. The van der Waals surface area contributed by atoms with E-state index in [0.717, 1.165) is 42.7 Å². The first-order valence-corrected chi connectivity index (χ1v) is 10.1. The molecule has 1 atom stereocenters. The zero-order valence-corrected chi connectivity index (χ0v) is 16.6. The van der Waals surface area contributed by atoms with Crippen LogP contribution in [0.15, 0.2) is 18.2 Å². The maximum absolute atomic E-state index is 13.2. The molecule has 0 aliphatic carbocycles. The standard InChI is InChI=1S/C21H28N4O3/c1-21(2)8-9-22-10-11-24(21)12-14-4-3-5-15-13-25(20(28)18(14)15)16-6-7-17(26)23-19(16)27/h3-5,16,22H,6-13H2,1-2H3,(H,23,26,27). The van der Waals surface area contributed by atoms with E-state index < -0.39 is 6.04 Å². The van der Waals surface area contributed by atoms with Gasteiger partial charge in [-0.1, -0.05) is 18.2 Å². The Morgan fingerprint density at radius 3 is 2.79 bits per heavy atom. The minimum atomic E-state index is -0.565. The first-order chi connectivity index (χ1) is 13.4. The second-order valence-corrected chi connectivity index (χ2v) is 8.59. The molecule has 2 saturated heterocycles. The second kappa shape index (κ2) is 7.29. The van der Waals surface area contributed by atoms with Gasteiger partial charge in [-0.15, -0.1) is 0 Å². The fourth-order valence-electron chi connectivity index (χ4n) is 4.51. The van der Waals surface area contributed by atoms with Crippen molar-refractivity contribution in [3.8, 4) is 0 Å². The van der Waals surface area contributed by atoms with Crippen LogP contribution in [0.1, 0.15) is 54.6 Å². The van der Waals surface area contributed by atoms with Crippen LogP contribution in [0.5, 0.6) is 0 Å². The Morgan fingerprint density at radius 1 is 1.18 bits per heavy atom. The van der Waals surface area contributed by atoms with Crippen LogP contribution in [0.2, 0.25) is 0 Å². The highest BCUT2D eigenvalue weighted by atomic mass is 16.2. The lowest BCUT2D eigenvalue weighted by Gasteiger charge is -2.37. The van der Waals surface area contributed by atoms with E-state index >= 15 is 0 Å². The van der Waals surface area contributed by atoms with E-state index in [9.17, 15) is 14.4 Å². The summed E-state index contributed by atoms with van der Waals surface area (Å²) in [6.45, 7) is 8.52. The number of amides is 3. The van der Waals surface area contributed by atoms with Crippen LogP contribution in [0.3, 0.4) is 0 Å². The number of hydrogen-bond donors (Lipinski definition) is 2. The van der Waals surface area contributed by atoms with Gasteiger partial charge in [0.05, 0.1) is 0 Å². The molecule has 28 heavy (non-hydrogen) atoms. The summed E-state index contributed by atoms with van der Waals surface area (Å²) in [4.78, 5) is 41.0. The maximum atomic E-state index is 13.2. The number of piperidine rings is 1. The number of benzene rings is 1. The highest BCUT2D eigenvalue weighted by molar-refractivity contribution is 6.05. The van der Waals surface area contributed by atoms with E-state index in [1.807, 2.05) is 18.2 Å². The van der Waals surface area contributed by atoms with E-state index in [0.29, 0.717) is 19.5 Å². The molecule has 1 unspecified atom stereocenters. The topological polar surface area (TPSA) is 81.8 Å². The molecule has 4 rings (SSSR count). The average molecular weight is 384 g/mol. The van der Waals surface area contributed by atoms with Crippen molar-refractivity contribution < 1.29 is 14.4 Å². The van der Waals surface area contributed by atoms with Crippen molar-refractivity contribution in [1.29, 1.82) is 0 Å². The number of fused-ring (bicyclic) bond motifs is 1. The monoisotopic (exact) mass is 384 g/mol. The highest BCUT2D eigenvalue weighted by Gasteiger charge is 2.40. The molecule has 3 amide bonds. The Balaban J connectivity index is 1.58. The Bertz CT molecular complexity index is 820. The van der Waals surface area contributed by atoms with Gasteiger partial charge in [-0.25, -0.2) is 0 Å². The molecule has 7 nitrogen and oxygen atoms in total.